The predicted octanol–water partition coefficient (Wildman–Crippen LogP) is 2.31. The number of nitrogens with zero attached hydrogens (tertiary/aromatic N) is 1. The topological polar surface area (TPSA) is 79.9 Å². The maximum atomic E-state index is 12.0. The molecule has 0 aromatic heterocycles. The molecule has 1 aromatic carbocycles. The van der Waals surface area contributed by atoms with E-state index in [9.17, 15) is 9.59 Å². The summed E-state index contributed by atoms with van der Waals surface area (Å²) in [6, 6.07) is 5.28. The Bertz CT molecular complexity index is 660. The lowest BCUT2D eigenvalue weighted by atomic mass is 10.1. The van der Waals surface area contributed by atoms with Gasteiger partial charge in [0.2, 0.25) is 5.91 Å². The monoisotopic (exact) mass is 379 g/mol. The van der Waals surface area contributed by atoms with Gasteiger partial charge in [0.25, 0.3) is 0 Å². The van der Waals surface area contributed by atoms with Crippen LogP contribution in [0.1, 0.15) is 37.0 Å². The number of hydrogen-bond acceptors (Lipinski definition) is 6. The lowest BCUT2D eigenvalue weighted by Crippen LogP contribution is -2.38. The fourth-order valence-electron chi connectivity index (χ4n) is 2.63. The molecule has 1 amide bonds. The van der Waals surface area contributed by atoms with Gasteiger partial charge in [0.05, 0.1) is 36.8 Å². The molecule has 8 heteroatoms. The summed E-state index contributed by atoms with van der Waals surface area (Å²) in [5, 5.41) is 5.91. The molecule has 0 aliphatic carbocycles. The normalized spacial score (nSPS) is 13.8. The number of amides is 1. The Labute approximate surface area is 159 Å². The van der Waals surface area contributed by atoms with Crippen molar-refractivity contribution in [3.63, 3.8) is 0 Å². The van der Waals surface area contributed by atoms with Crippen molar-refractivity contribution in [2.75, 3.05) is 43.1 Å². The van der Waals surface area contributed by atoms with Gasteiger partial charge in [0.1, 0.15) is 0 Å². The van der Waals surface area contributed by atoms with Crippen LogP contribution in [0.3, 0.4) is 0 Å². The number of anilines is 2. The number of ether oxygens (including phenoxy) is 2. The van der Waals surface area contributed by atoms with Crippen LogP contribution in [0, 0.1) is 0 Å². The fourth-order valence-corrected chi connectivity index (χ4v) is 2.85. The molecule has 1 heterocycles. The molecule has 1 aliphatic rings. The zero-order chi connectivity index (χ0) is 18.9. The lowest BCUT2D eigenvalue weighted by Gasteiger charge is -2.31. The molecule has 1 saturated heterocycles. The predicted molar refractivity (Wildman–Crippen MR) is 105 cm³/mol. The molecule has 0 bridgehead atoms. The van der Waals surface area contributed by atoms with Crippen molar-refractivity contribution in [2.24, 2.45) is 0 Å². The van der Waals surface area contributed by atoms with Crippen molar-refractivity contribution in [3.05, 3.63) is 23.8 Å². The molecular formula is C18H25N3O4S. The van der Waals surface area contributed by atoms with Gasteiger partial charge in [-0.05, 0) is 43.8 Å². The third-order valence-corrected chi connectivity index (χ3v) is 4.04. The highest BCUT2D eigenvalue weighted by molar-refractivity contribution is 7.80. The van der Waals surface area contributed by atoms with E-state index in [-0.39, 0.29) is 11.0 Å². The molecule has 0 atom stereocenters. The van der Waals surface area contributed by atoms with Crippen molar-refractivity contribution < 1.29 is 19.1 Å². The van der Waals surface area contributed by atoms with Crippen LogP contribution in [0.25, 0.3) is 0 Å². The lowest BCUT2D eigenvalue weighted by molar-refractivity contribution is -0.119. The number of benzene rings is 1. The summed E-state index contributed by atoms with van der Waals surface area (Å²) in [5.41, 5.74) is 1.97. The first-order valence-corrected chi connectivity index (χ1v) is 9.20. The number of carbonyl (C=O) groups excluding carboxylic acids is 2. The molecule has 7 nitrogen and oxygen atoms in total. The quantitative estimate of drug-likeness (QED) is 0.580. The molecular weight excluding hydrogens is 354 g/mol. The van der Waals surface area contributed by atoms with E-state index in [0.717, 1.165) is 25.2 Å². The highest BCUT2D eigenvalue weighted by Crippen LogP contribution is 2.28. The van der Waals surface area contributed by atoms with Gasteiger partial charge < -0.3 is 25.0 Å². The number of nitrogens with one attached hydrogen (secondary N) is 2. The van der Waals surface area contributed by atoms with E-state index in [1.54, 1.807) is 19.1 Å². The SMILES string of the molecule is CCCC(=O)NC(=S)Nc1cc(C(=O)OCC)ccc1N1CCOCC1. The van der Waals surface area contributed by atoms with Crippen molar-refractivity contribution in [1.82, 2.24) is 5.32 Å². The van der Waals surface area contributed by atoms with Gasteiger partial charge in [-0.2, -0.15) is 0 Å². The minimum atomic E-state index is -0.398. The second-order valence-corrected chi connectivity index (χ2v) is 6.21. The Morgan fingerprint density at radius 2 is 2.00 bits per heavy atom. The molecule has 2 N–H and O–H groups in total. The summed E-state index contributed by atoms with van der Waals surface area (Å²) in [6.07, 6.45) is 1.15. The number of hydrogen-bond donors (Lipinski definition) is 2. The van der Waals surface area contributed by atoms with Gasteiger partial charge in [0, 0.05) is 19.5 Å². The highest BCUT2D eigenvalue weighted by atomic mass is 32.1. The number of esters is 1. The standard InChI is InChI=1S/C18H25N3O4S/c1-3-5-16(22)20-18(26)19-14-12-13(17(23)25-4-2)6-7-15(14)21-8-10-24-11-9-21/h6-7,12H,3-5,8-11H2,1-2H3,(H2,19,20,22,26). The highest BCUT2D eigenvalue weighted by Gasteiger charge is 2.18. The van der Waals surface area contributed by atoms with Crippen LogP contribution in [-0.2, 0) is 14.3 Å². The van der Waals surface area contributed by atoms with E-state index >= 15 is 0 Å². The van der Waals surface area contributed by atoms with Gasteiger partial charge in [0.15, 0.2) is 5.11 Å². The fraction of sp³-hybridized carbons (Fsp3) is 0.500. The van der Waals surface area contributed by atoms with Crippen LogP contribution in [0.15, 0.2) is 18.2 Å². The summed E-state index contributed by atoms with van der Waals surface area (Å²) in [7, 11) is 0. The molecule has 0 spiro atoms. The van der Waals surface area contributed by atoms with Crippen LogP contribution < -0.4 is 15.5 Å². The zero-order valence-corrected chi connectivity index (χ0v) is 16.0. The number of thiocarbonyl (C=S) groups is 1. The van der Waals surface area contributed by atoms with Gasteiger partial charge in [-0.1, -0.05) is 6.92 Å². The molecule has 1 fully saturated rings. The minimum Gasteiger partial charge on any atom is -0.462 e. The van der Waals surface area contributed by atoms with E-state index in [1.807, 2.05) is 13.0 Å². The van der Waals surface area contributed by atoms with Crippen molar-refractivity contribution in [2.45, 2.75) is 26.7 Å². The van der Waals surface area contributed by atoms with Crippen molar-refractivity contribution >= 4 is 40.6 Å². The van der Waals surface area contributed by atoms with Gasteiger partial charge >= 0.3 is 5.97 Å². The number of carbonyl (C=O) groups is 2. The summed E-state index contributed by atoms with van der Waals surface area (Å²) >= 11 is 5.25. The van der Waals surface area contributed by atoms with Crippen LogP contribution >= 0.6 is 12.2 Å². The smallest absolute Gasteiger partial charge is 0.338 e. The molecule has 142 valence electrons. The number of morpholine rings is 1. The molecule has 1 aliphatic heterocycles. The van der Waals surface area contributed by atoms with Crippen LogP contribution in [0.5, 0.6) is 0 Å². The van der Waals surface area contributed by atoms with E-state index in [0.29, 0.717) is 37.5 Å². The summed E-state index contributed by atoms with van der Waals surface area (Å²) < 4.78 is 10.5. The van der Waals surface area contributed by atoms with Crippen molar-refractivity contribution in [3.8, 4) is 0 Å². The summed E-state index contributed by atoms with van der Waals surface area (Å²) in [4.78, 5) is 25.9. The van der Waals surface area contributed by atoms with E-state index < -0.39 is 5.97 Å². The summed E-state index contributed by atoms with van der Waals surface area (Å²) in [5.74, 6) is -0.538. The Morgan fingerprint density at radius 1 is 1.27 bits per heavy atom. The van der Waals surface area contributed by atoms with Crippen LogP contribution in [0.2, 0.25) is 0 Å². The Balaban J connectivity index is 2.22. The minimum absolute atomic E-state index is 0.139. The van der Waals surface area contributed by atoms with Gasteiger partial charge in [-0.15, -0.1) is 0 Å². The molecule has 1 aromatic rings. The third-order valence-electron chi connectivity index (χ3n) is 3.84. The average molecular weight is 379 g/mol. The van der Waals surface area contributed by atoms with E-state index in [1.165, 1.54) is 0 Å². The first kappa shape index (κ1) is 20.1. The first-order valence-electron chi connectivity index (χ1n) is 8.79. The molecule has 26 heavy (non-hydrogen) atoms. The molecule has 0 radical (unpaired) electrons. The molecule has 0 unspecified atom stereocenters. The Morgan fingerprint density at radius 3 is 2.65 bits per heavy atom. The van der Waals surface area contributed by atoms with E-state index in [4.69, 9.17) is 21.7 Å². The Kier molecular flexibility index (Phi) is 7.80. The van der Waals surface area contributed by atoms with Crippen LogP contribution in [0.4, 0.5) is 11.4 Å². The third kappa shape index (κ3) is 5.67. The second-order valence-electron chi connectivity index (χ2n) is 5.80. The van der Waals surface area contributed by atoms with Crippen LogP contribution in [-0.4, -0.2) is 49.9 Å². The Hall–Kier alpha value is -2.19. The number of rotatable bonds is 6. The average Bonchev–Trinajstić information content (AvgIpc) is 2.62. The maximum absolute atomic E-state index is 12.0. The zero-order valence-electron chi connectivity index (χ0n) is 15.2. The molecule has 2 rings (SSSR count). The van der Waals surface area contributed by atoms with Crippen molar-refractivity contribution in [1.29, 1.82) is 0 Å². The van der Waals surface area contributed by atoms with Gasteiger partial charge in [-0.3, -0.25) is 4.79 Å². The maximum Gasteiger partial charge on any atom is 0.338 e. The van der Waals surface area contributed by atoms with E-state index in [2.05, 4.69) is 15.5 Å². The largest absolute Gasteiger partial charge is 0.462 e. The summed E-state index contributed by atoms with van der Waals surface area (Å²) in [6.45, 7) is 6.74. The first-order chi connectivity index (χ1) is 12.5. The molecule has 0 saturated carbocycles. The van der Waals surface area contributed by atoms with Gasteiger partial charge in [-0.25, -0.2) is 4.79 Å². The second kappa shape index (κ2) is 10.1.